The van der Waals surface area contributed by atoms with Gasteiger partial charge in [-0.3, -0.25) is 4.79 Å². The van der Waals surface area contributed by atoms with E-state index in [0.29, 0.717) is 38.1 Å². The molecule has 0 aliphatic carbocycles. The van der Waals surface area contributed by atoms with Gasteiger partial charge >= 0.3 is 0 Å². The van der Waals surface area contributed by atoms with Gasteiger partial charge in [-0.25, -0.2) is 4.98 Å². The smallest absolute Gasteiger partial charge is 0.282 e. The molecule has 2 aromatic heterocycles. The first-order valence-corrected chi connectivity index (χ1v) is 8.23. The fourth-order valence-corrected chi connectivity index (χ4v) is 3.38. The Morgan fingerprint density at radius 3 is 2.83 bits per heavy atom. The lowest BCUT2D eigenvalue weighted by Gasteiger charge is -2.10. The highest BCUT2D eigenvalue weighted by atomic mass is 35.5. The fourth-order valence-electron chi connectivity index (χ4n) is 2.28. The molecule has 0 atom stereocenters. The summed E-state index contributed by atoms with van der Waals surface area (Å²) in [5.74, 6) is 1.45. The summed E-state index contributed by atoms with van der Waals surface area (Å²) in [6.45, 7) is 1.74. The van der Waals surface area contributed by atoms with Gasteiger partial charge in [0.1, 0.15) is 10.7 Å². The molecule has 0 fully saturated rings. The molecule has 0 aliphatic rings. The number of rotatable bonds is 4. The van der Waals surface area contributed by atoms with Crippen LogP contribution in [0.5, 0.6) is 11.5 Å². The van der Waals surface area contributed by atoms with E-state index in [9.17, 15) is 4.79 Å². The summed E-state index contributed by atoms with van der Waals surface area (Å²) in [5, 5.41) is 7.02. The molecule has 0 N–H and O–H groups in total. The molecule has 0 saturated carbocycles. The van der Waals surface area contributed by atoms with Crippen LogP contribution in [0.4, 0.5) is 0 Å². The van der Waals surface area contributed by atoms with E-state index in [2.05, 4.69) is 10.1 Å². The van der Waals surface area contributed by atoms with Crippen molar-refractivity contribution in [3.05, 3.63) is 50.3 Å². The third-order valence-electron chi connectivity index (χ3n) is 3.42. The molecule has 0 bridgehead atoms. The summed E-state index contributed by atoms with van der Waals surface area (Å²) >= 11 is 7.60. The minimum Gasteiger partial charge on any atom is -0.493 e. The highest BCUT2D eigenvalue weighted by Gasteiger charge is 2.11. The highest BCUT2D eigenvalue weighted by molar-refractivity contribution is 7.16. The summed E-state index contributed by atoms with van der Waals surface area (Å²) in [6, 6.07) is 5.16. The Labute approximate surface area is 146 Å². The molecule has 0 radical (unpaired) electrons. The summed E-state index contributed by atoms with van der Waals surface area (Å²) in [4.78, 5) is 17.6. The Hall–Kier alpha value is -2.38. The molecule has 3 rings (SSSR count). The number of fused-ring (bicyclic) bond motifs is 1. The van der Waals surface area contributed by atoms with Gasteiger partial charge in [0.05, 0.1) is 30.8 Å². The van der Waals surface area contributed by atoms with E-state index in [1.54, 1.807) is 25.1 Å². The van der Waals surface area contributed by atoms with Gasteiger partial charge in [0.2, 0.25) is 0 Å². The first kappa shape index (κ1) is 16.5. The Balaban J connectivity index is 2.06. The molecular formula is C16H14ClN3O3S. The number of hydrogen-bond acceptors (Lipinski definition) is 6. The second-order valence-electron chi connectivity index (χ2n) is 4.90. The van der Waals surface area contributed by atoms with Crippen molar-refractivity contribution in [3.63, 3.8) is 0 Å². The Morgan fingerprint density at radius 1 is 1.33 bits per heavy atom. The second-order valence-corrected chi connectivity index (χ2v) is 6.20. The Kier molecular flexibility index (Phi) is 4.55. The number of methoxy groups -OCH3 is 2. The van der Waals surface area contributed by atoms with Crippen molar-refractivity contribution in [2.75, 3.05) is 14.2 Å². The van der Waals surface area contributed by atoms with Gasteiger partial charge in [-0.15, -0.1) is 11.3 Å². The van der Waals surface area contributed by atoms with E-state index in [-0.39, 0.29) is 5.56 Å². The van der Waals surface area contributed by atoms with Gasteiger partial charge in [0, 0.05) is 0 Å². The van der Waals surface area contributed by atoms with Crippen LogP contribution >= 0.6 is 22.9 Å². The molecule has 3 aromatic rings. The number of aryl methyl sites for hydroxylation is 1. The van der Waals surface area contributed by atoms with Gasteiger partial charge in [0.25, 0.3) is 5.56 Å². The topological polar surface area (TPSA) is 65.7 Å². The number of ether oxygens (including phenoxy) is 2. The quantitative estimate of drug-likeness (QED) is 0.667. The molecule has 0 saturated heterocycles. The van der Waals surface area contributed by atoms with Crippen LogP contribution in [0.15, 0.2) is 33.5 Å². The largest absolute Gasteiger partial charge is 0.493 e. The van der Waals surface area contributed by atoms with Crippen LogP contribution in [0.3, 0.4) is 0 Å². The second kappa shape index (κ2) is 6.62. The number of nitrogens with zero attached hydrogens (tertiary/aromatic N) is 3. The van der Waals surface area contributed by atoms with Crippen LogP contribution in [0.2, 0.25) is 5.02 Å². The van der Waals surface area contributed by atoms with E-state index < -0.39 is 0 Å². The van der Waals surface area contributed by atoms with Crippen LogP contribution in [-0.4, -0.2) is 30.1 Å². The van der Waals surface area contributed by atoms with E-state index in [0.717, 1.165) is 0 Å². The van der Waals surface area contributed by atoms with Crippen LogP contribution in [0.25, 0.3) is 10.2 Å². The van der Waals surface area contributed by atoms with Gasteiger partial charge in [-0.05, 0) is 36.1 Å². The maximum Gasteiger partial charge on any atom is 0.282 e. The fraction of sp³-hybridized carbons (Fsp3) is 0.188. The van der Waals surface area contributed by atoms with Crippen molar-refractivity contribution >= 4 is 39.4 Å². The molecule has 2 heterocycles. The van der Waals surface area contributed by atoms with E-state index in [4.69, 9.17) is 21.1 Å². The zero-order chi connectivity index (χ0) is 17.3. The van der Waals surface area contributed by atoms with Crippen LogP contribution < -0.4 is 15.0 Å². The predicted molar refractivity (Wildman–Crippen MR) is 96.2 cm³/mol. The maximum atomic E-state index is 12.5. The molecule has 8 heteroatoms. The number of hydrogen-bond donors (Lipinski definition) is 0. The summed E-state index contributed by atoms with van der Waals surface area (Å²) < 4.78 is 11.7. The van der Waals surface area contributed by atoms with E-state index in [1.807, 2.05) is 5.38 Å². The van der Waals surface area contributed by atoms with Crippen LogP contribution in [0, 0.1) is 6.92 Å². The molecular weight excluding hydrogens is 350 g/mol. The summed E-state index contributed by atoms with van der Waals surface area (Å²) in [6.07, 6.45) is 1.53. The van der Waals surface area contributed by atoms with Crippen molar-refractivity contribution < 1.29 is 9.47 Å². The normalized spacial score (nSPS) is 11.3. The zero-order valence-corrected chi connectivity index (χ0v) is 14.8. The molecule has 0 aliphatic heterocycles. The van der Waals surface area contributed by atoms with E-state index in [1.165, 1.54) is 36.4 Å². The average Bonchev–Trinajstić information content (AvgIpc) is 3.02. The first-order chi connectivity index (χ1) is 11.5. The lowest BCUT2D eigenvalue weighted by atomic mass is 10.2. The number of thiophene rings is 1. The van der Waals surface area contributed by atoms with Gasteiger partial charge in [-0.2, -0.15) is 9.78 Å². The molecule has 1 aromatic carbocycles. The van der Waals surface area contributed by atoms with Crippen molar-refractivity contribution in [2.45, 2.75) is 6.92 Å². The van der Waals surface area contributed by atoms with Gasteiger partial charge in [0.15, 0.2) is 11.5 Å². The first-order valence-electron chi connectivity index (χ1n) is 6.98. The van der Waals surface area contributed by atoms with Crippen LogP contribution in [-0.2, 0) is 0 Å². The third kappa shape index (κ3) is 2.88. The Morgan fingerprint density at radius 2 is 2.12 bits per heavy atom. The van der Waals surface area contributed by atoms with Gasteiger partial charge in [-0.1, -0.05) is 11.6 Å². The minimum atomic E-state index is -0.207. The SMILES string of the molecule is COc1cc(C=Nn2c(C)nc3sccc3c2=O)cc(Cl)c1OC. The minimum absolute atomic E-state index is 0.207. The lowest BCUT2D eigenvalue weighted by molar-refractivity contribution is 0.355. The zero-order valence-electron chi connectivity index (χ0n) is 13.2. The number of halogens is 1. The lowest BCUT2D eigenvalue weighted by Crippen LogP contribution is -2.19. The molecule has 124 valence electrons. The predicted octanol–water partition coefficient (Wildman–Crippen LogP) is 3.32. The third-order valence-corrected chi connectivity index (χ3v) is 4.50. The number of benzene rings is 1. The molecule has 6 nitrogen and oxygen atoms in total. The maximum absolute atomic E-state index is 12.5. The van der Waals surface area contributed by atoms with Crippen molar-refractivity contribution in [1.29, 1.82) is 0 Å². The molecule has 0 spiro atoms. The molecule has 0 amide bonds. The summed E-state index contributed by atoms with van der Waals surface area (Å²) in [5.41, 5.74) is 0.468. The van der Waals surface area contributed by atoms with Crippen LogP contribution in [0.1, 0.15) is 11.4 Å². The van der Waals surface area contributed by atoms with Crippen molar-refractivity contribution in [3.8, 4) is 11.5 Å². The standard InChI is InChI=1S/C16H14ClN3O3S/c1-9-19-15-11(4-5-24-15)16(21)20(9)18-8-10-6-12(17)14(23-3)13(7-10)22-2/h4-8H,1-3H3. The number of aromatic nitrogens is 2. The summed E-state index contributed by atoms with van der Waals surface area (Å²) in [7, 11) is 3.04. The average molecular weight is 364 g/mol. The highest BCUT2D eigenvalue weighted by Crippen LogP contribution is 2.35. The molecule has 0 unspecified atom stereocenters. The monoisotopic (exact) mass is 363 g/mol. The molecule has 24 heavy (non-hydrogen) atoms. The van der Waals surface area contributed by atoms with E-state index >= 15 is 0 Å². The van der Waals surface area contributed by atoms with Gasteiger partial charge < -0.3 is 9.47 Å². The Bertz CT molecular complexity index is 994. The van der Waals surface area contributed by atoms with Crippen molar-refractivity contribution in [2.24, 2.45) is 5.10 Å². The van der Waals surface area contributed by atoms with Crippen molar-refractivity contribution in [1.82, 2.24) is 9.66 Å².